The summed E-state index contributed by atoms with van der Waals surface area (Å²) in [6.45, 7) is 6.89. The molecule has 0 radical (unpaired) electrons. The van der Waals surface area contributed by atoms with E-state index in [1.54, 1.807) is 0 Å². The zero-order valence-corrected chi connectivity index (χ0v) is 12.0. The van der Waals surface area contributed by atoms with Crippen LogP contribution in [0.25, 0.3) is 0 Å². The highest BCUT2D eigenvalue weighted by Gasteiger charge is 2.16. The topological polar surface area (TPSA) is 32.3 Å². The summed E-state index contributed by atoms with van der Waals surface area (Å²) in [6, 6.07) is 6.07. The molecule has 0 aliphatic carbocycles. The maximum absolute atomic E-state index is 12.5. The molecule has 0 fully saturated rings. The molecule has 104 valence electrons. The van der Waals surface area contributed by atoms with Gasteiger partial charge in [0.1, 0.15) is 0 Å². The first-order valence-corrected chi connectivity index (χ1v) is 7.42. The lowest BCUT2D eigenvalue weighted by molar-refractivity contribution is 0.0762. The third-order valence-corrected chi connectivity index (χ3v) is 3.74. The molecule has 1 aromatic carbocycles. The van der Waals surface area contributed by atoms with Gasteiger partial charge in [0.25, 0.3) is 5.91 Å². The number of carbonyl (C=O) groups is 1. The van der Waals surface area contributed by atoms with Crippen molar-refractivity contribution in [2.75, 3.05) is 25.0 Å². The molecule has 3 heteroatoms. The SMILES string of the molecule is CCCCN(CC)C(=O)c1ccc2c(c1)CCCN2. The summed E-state index contributed by atoms with van der Waals surface area (Å²) in [5.41, 5.74) is 3.31. The van der Waals surface area contributed by atoms with Gasteiger partial charge in [-0.1, -0.05) is 13.3 Å². The number of rotatable bonds is 5. The first-order valence-electron chi connectivity index (χ1n) is 7.42. The van der Waals surface area contributed by atoms with Crippen LogP contribution in [-0.2, 0) is 6.42 Å². The van der Waals surface area contributed by atoms with Crippen molar-refractivity contribution in [1.82, 2.24) is 4.90 Å². The van der Waals surface area contributed by atoms with E-state index in [1.165, 1.54) is 11.3 Å². The summed E-state index contributed by atoms with van der Waals surface area (Å²) in [5.74, 6) is 0.171. The van der Waals surface area contributed by atoms with Crippen molar-refractivity contribution in [3.8, 4) is 0 Å². The van der Waals surface area contributed by atoms with Gasteiger partial charge < -0.3 is 10.2 Å². The minimum atomic E-state index is 0.171. The van der Waals surface area contributed by atoms with Crippen LogP contribution in [0.4, 0.5) is 5.69 Å². The van der Waals surface area contributed by atoms with E-state index in [4.69, 9.17) is 0 Å². The Kier molecular flexibility index (Phi) is 4.83. The fourth-order valence-corrected chi connectivity index (χ4v) is 2.54. The molecular formula is C16H24N2O. The smallest absolute Gasteiger partial charge is 0.253 e. The molecule has 0 saturated heterocycles. The van der Waals surface area contributed by atoms with E-state index in [0.29, 0.717) is 0 Å². The van der Waals surface area contributed by atoms with Gasteiger partial charge in [-0.05, 0) is 49.9 Å². The van der Waals surface area contributed by atoms with Gasteiger partial charge in [-0.15, -0.1) is 0 Å². The molecule has 1 heterocycles. The predicted octanol–water partition coefficient (Wildman–Crippen LogP) is 3.31. The minimum absolute atomic E-state index is 0.171. The van der Waals surface area contributed by atoms with E-state index in [-0.39, 0.29) is 5.91 Å². The van der Waals surface area contributed by atoms with Crippen LogP contribution in [0.1, 0.15) is 49.0 Å². The van der Waals surface area contributed by atoms with Crippen molar-refractivity contribution >= 4 is 11.6 Å². The number of aryl methyl sites for hydroxylation is 1. The van der Waals surface area contributed by atoms with Crippen LogP contribution in [0.2, 0.25) is 0 Å². The number of benzene rings is 1. The van der Waals surface area contributed by atoms with Gasteiger partial charge in [0.05, 0.1) is 0 Å². The third-order valence-electron chi connectivity index (χ3n) is 3.74. The Morgan fingerprint density at radius 3 is 2.95 bits per heavy atom. The van der Waals surface area contributed by atoms with E-state index < -0.39 is 0 Å². The van der Waals surface area contributed by atoms with E-state index in [0.717, 1.165) is 50.9 Å². The number of unbranched alkanes of at least 4 members (excludes halogenated alkanes) is 1. The summed E-state index contributed by atoms with van der Waals surface area (Å²) in [4.78, 5) is 14.4. The number of hydrogen-bond donors (Lipinski definition) is 1. The summed E-state index contributed by atoms with van der Waals surface area (Å²) in [5, 5.41) is 3.38. The van der Waals surface area contributed by atoms with Crippen molar-refractivity contribution < 1.29 is 4.79 Å². The van der Waals surface area contributed by atoms with E-state index >= 15 is 0 Å². The van der Waals surface area contributed by atoms with E-state index in [9.17, 15) is 4.79 Å². The molecule has 1 aliphatic rings. The van der Waals surface area contributed by atoms with Gasteiger partial charge in [-0.25, -0.2) is 0 Å². The van der Waals surface area contributed by atoms with Crippen LogP contribution in [-0.4, -0.2) is 30.4 Å². The van der Waals surface area contributed by atoms with Gasteiger partial charge >= 0.3 is 0 Å². The quantitative estimate of drug-likeness (QED) is 0.881. The maximum atomic E-state index is 12.5. The van der Waals surface area contributed by atoms with Crippen LogP contribution < -0.4 is 5.32 Å². The average Bonchev–Trinajstić information content (AvgIpc) is 2.47. The third kappa shape index (κ3) is 3.28. The average molecular weight is 260 g/mol. The number of carbonyl (C=O) groups excluding carboxylic acids is 1. The Balaban J connectivity index is 2.13. The normalized spacial score (nSPS) is 13.6. The molecule has 2 rings (SSSR count). The van der Waals surface area contributed by atoms with Crippen molar-refractivity contribution in [1.29, 1.82) is 0 Å². The number of nitrogens with one attached hydrogen (secondary N) is 1. The molecule has 0 saturated carbocycles. The summed E-state index contributed by atoms with van der Waals surface area (Å²) >= 11 is 0. The molecule has 1 aromatic rings. The largest absolute Gasteiger partial charge is 0.385 e. The van der Waals surface area contributed by atoms with Gasteiger partial charge in [-0.3, -0.25) is 4.79 Å². The number of amides is 1. The second-order valence-corrected chi connectivity index (χ2v) is 5.14. The molecule has 1 N–H and O–H groups in total. The highest BCUT2D eigenvalue weighted by molar-refractivity contribution is 5.95. The lowest BCUT2D eigenvalue weighted by Crippen LogP contribution is -2.31. The Hall–Kier alpha value is -1.51. The maximum Gasteiger partial charge on any atom is 0.253 e. The van der Waals surface area contributed by atoms with Crippen LogP contribution in [0.3, 0.4) is 0 Å². The first-order chi connectivity index (χ1) is 9.26. The molecule has 0 atom stereocenters. The summed E-state index contributed by atoms with van der Waals surface area (Å²) < 4.78 is 0. The monoisotopic (exact) mass is 260 g/mol. The number of hydrogen-bond acceptors (Lipinski definition) is 2. The van der Waals surface area contributed by atoms with Crippen LogP contribution in [0.15, 0.2) is 18.2 Å². The Morgan fingerprint density at radius 1 is 1.37 bits per heavy atom. The molecule has 0 aromatic heterocycles. The van der Waals surface area contributed by atoms with Crippen LogP contribution >= 0.6 is 0 Å². The second-order valence-electron chi connectivity index (χ2n) is 5.14. The Morgan fingerprint density at radius 2 is 2.21 bits per heavy atom. The van der Waals surface area contributed by atoms with Crippen molar-refractivity contribution in [2.45, 2.75) is 39.5 Å². The van der Waals surface area contributed by atoms with Crippen LogP contribution in [0, 0.1) is 0 Å². The molecule has 0 bridgehead atoms. The van der Waals surface area contributed by atoms with Gasteiger partial charge in [0.15, 0.2) is 0 Å². The lowest BCUT2D eigenvalue weighted by Gasteiger charge is -2.23. The van der Waals surface area contributed by atoms with Crippen molar-refractivity contribution in [3.05, 3.63) is 29.3 Å². The van der Waals surface area contributed by atoms with Gasteiger partial charge in [-0.2, -0.15) is 0 Å². The van der Waals surface area contributed by atoms with E-state index in [2.05, 4.69) is 24.4 Å². The highest BCUT2D eigenvalue weighted by atomic mass is 16.2. The fraction of sp³-hybridized carbons (Fsp3) is 0.562. The number of fused-ring (bicyclic) bond motifs is 1. The van der Waals surface area contributed by atoms with E-state index in [1.807, 2.05) is 17.9 Å². The lowest BCUT2D eigenvalue weighted by atomic mass is 10.0. The van der Waals surface area contributed by atoms with Crippen molar-refractivity contribution in [2.24, 2.45) is 0 Å². The molecule has 3 nitrogen and oxygen atoms in total. The standard InChI is InChI=1S/C16H24N2O/c1-3-5-11-18(4-2)16(19)14-8-9-15-13(12-14)7-6-10-17-15/h8-9,12,17H,3-7,10-11H2,1-2H3. The number of nitrogens with zero attached hydrogens (tertiary/aromatic N) is 1. The minimum Gasteiger partial charge on any atom is -0.385 e. The molecule has 0 unspecified atom stereocenters. The zero-order valence-electron chi connectivity index (χ0n) is 12.0. The molecule has 0 spiro atoms. The highest BCUT2D eigenvalue weighted by Crippen LogP contribution is 2.23. The summed E-state index contributed by atoms with van der Waals surface area (Å²) in [7, 11) is 0. The zero-order chi connectivity index (χ0) is 13.7. The molecule has 19 heavy (non-hydrogen) atoms. The van der Waals surface area contributed by atoms with Crippen molar-refractivity contribution in [3.63, 3.8) is 0 Å². The Labute approximate surface area is 116 Å². The molecule has 1 aliphatic heterocycles. The Bertz CT molecular complexity index is 442. The number of anilines is 1. The van der Waals surface area contributed by atoms with Gasteiger partial charge in [0, 0.05) is 30.9 Å². The summed E-state index contributed by atoms with van der Waals surface area (Å²) in [6.07, 6.45) is 4.42. The van der Waals surface area contributed by atoms with Crippen LogP contribution in [0.5, 0.6) is 0 Å². The second kappa shape index (κ2) is 6.60. The first kappa shape index (κ1) is 13.9. The molecular weight excluding hydrogens is 236 g/mol. The predicted molar refractivity (Wildman–Crippen MR) is 79.7 cm³/mol. The van der Waals surface area contributed by atoms with Gasteiger partial charge in [0.2, 0.25) is 0 Å². The fourth-order valence-electron chi connectivity index (χ4n) is 2.54. The molecule has 1 amide bonds.